The van der Waals surface area contributed by atoms with E-state index in [0.29, 0.717) is 0 Å². The normalized spacial score (nSPS) is 30.8. The fourth-order valence-electron chi connectivity index (χ4n) is 6.31. The Balaban J connectivity index is 1.73. The Kier molecular flexibility index (Phi) is 3.16. The summed E-state index contributed by atoms with van der Waals surface area (Å²) in [6.07, 6.45) is 4.25. The molecule has 3 heterocycles. The fraction of sp³-hybridized carbons (Fsp3) is 0.280. The summed E-state index contributed by atoms with van der Waals surface area (Å²) < 4.78 is 4.59. The van der Waals surface area contributed by atoms with Crippen LogP contribution in [0.4, 0.5) is 0 Å². The Morgan fingerprint density at radius 2 is 1.03 bits per heavy atom. The van der Waals surface area contributed by atoms with Crippen LogP contribution in [0.5, 0.6) is 0 Å². The van der Waals surface area contributed by atoms with Crippen molar-refractivity contribution in [2.24, 2.45) is 17.9 Å². The summed E-state index contributed by atoms with van der Waals surface area (Å²) in [5, 5.41) is 0. The van der Waals surface area contributed by atoms with Crippen LogP contribution in [0, 0.1) is 10.8 Å². The van der Waals surface area contributed by atoms with Crippen LogP contribution in [0.3, 0.4) is 0 Å². The molecule has 0 radical (unpaired) electrons. The largest absolute Gasteiger partial charge is 0.347 e. The molecule has 1 aromatic heterocycles. The van der Waals surface area contributed by atoms with Gasteiger partial charge in [0.15, 0.2) is 0 Å². The van der Waals surface area contributed by atoms with Crippen molar-refractivity contribution in [3.8, 4) is 0 Å². The zero-order valence-corrected chi connectivity index (χ0v) is 17.2. The first kappa shape index (κ1) is 17.5. The molecule has 0 saturated carbocycles. The van der Waals surface area contributed by atoms with Gasteiger partial charge in [0, 0.05) is 17.9 Å². The van der Waals surface area contributed by atoms with Crippen LogP contribution in [0.15, 0.2) is 82.4 Å². The third-order valence-electron chi connectivity index (χ3n) is 7.88. The minimum atomic E-state index is -0.309. The van der Waals surface area contributed by atoms with E-state index in [2.05, 4.69) is 74.5 Å². The minimum absolute atomic E-state index is 0.212. The van der Waals surface area contributed by atoms with Gasteiger partial charge in [-0.1, -0.05) is 86.7 Å². The highest BCUT2D eigenvalue weighted by Crippen LogP contribution is 2.77. The molecule has 2 bridgehead atoms. The van der Waals surface area contributed by atoms with Crippen LogP contribution >= 0.6 is 0 Å². The first-order chi connectivity index (χ1) is 14.4. The highest BCUT2D eigenvalue weighted by atomic mass is 16.2. The summed E-state index contributed by atoms with van der Waals surface area (Å²) in [5.74, 6) is 0. The minimum Gasteiger partial charge on any atom is -0.246 e. The first-order valence-corrected chi connectivity index (χ1v) is 10.4. The van der Waals surface area contributed by atoms with Crippen LogP contribution in [0.2, 0.25) is 0 Å². The molecule has 0 saturated heterocycles. The lowest BCUT2D eigenvalue weighted by atomic mass is 9.39. The molecular weight excluding hydrogens is 374 g/mol. The molecule has 0 amide bonds. The molecule has 0 spiro atoms. The summed E-state index contributed by atoms with van der Waals surface area (Å²) in [4.78, 5) is 26.0. The maximum atomic E-state index is 13.0. The van der Waals surface area contributed by atoms with Gasteiger partial charge >= 0.3 is 11.4 Å². The van der Waals surface area contributed by atoms with Gasteiger partial charge in [0.1, 0.15) is 0 Å². The van der Waals surface area contributed by atoms with Crippen molar-refractivity contribution in [3.63, 3.8) is 0 Å². The van der Waals surface area contributed by atoms with E-state index in [1.165, 1.54) is 26.8 Å². The van der Waals surface area contributed by atoms with E-state index in [0.717, 1.165) is 0 Å². The van der Waals surface area contributed by atoms with Gasteiger partial charge in [-0.2, -0.15) is 0 Å². The fourth-order valence-corrected chi connectivity index (χ4v) is 6.31. The highest BCUT2D eigenvalue weighted by Gasteiger charge is 2.70. The number of allylic oxidation sites excluding steroid dienone is 4. The second-order valence-electron chi connectivity index (χ2n) is 8.97. The first-order valence-electron chi connectivity index (χ1n) is 10.4. The van der Waals surface area contributed by atoms with E-state index in [1.54, 1.807) is 16.4 Å². The predicted molar refractivity (Wildman–Crippen MR) is 117 cm³/mol. The average Bonchev–Trinajstić information content (AvgIpc) is 3.00. The highest BCUT2D eigenvalue weighted by molar-refractivity contribution is 6.05. The van der Waals surface area contributed by atoms with Crippen LogP contribution in [0.1, 0.15) is 37.1 Å². The van der Waals surface area contributed by atoms with Gasteiger partial charge in [0.25, 0.3) is 0 Å². The maximum absolute atomic E-state index is 13.0. The van der Waals surface area contributed by atoms with E-state index < -0.39 is 0 Å². The van der Waals surface area contributed by atoms with Crippen molar-refractivity contribution in [1.29, 1.82) is 0 Å². The van der Waals surface area contributed by atoms with Crippen LogP contribution in [-0.4, -0.2) is 13.9 Å². The van der Waals surface area contributed by atoms with Gasteiger partial charge in [-0.05, 0) is 22.3 Å². The quantitative estimate of drug-likeness (QED) is 0.620. The molecule has 4 aliphatic rings. The van der Waals surface area contributed by atoms with E-state index in [-0.39, 0.29) is 34.3 Å². The topological polar surface area (TPSA) is 48.9 Å². The molecule has 0 fully saturated rings. The molecule has 5 nitrogen and oxygen atoms in total. The Hall–Kier alpha value is -3.34. The van der Waals surface area contributed by atoms with Crippen molar-refractivity contribution >= 4 is 11.1 Å². The molecule has 2 aromatic carbocycles. The molecule has 7 rings (SSSR count). The van der Waals surface area contributed by atoms with Gasteiger partial charge in [-0.3, -0.25) is 0 Å². The average molecular weight is 397 g/mol. The van der Waals surface area contributed by atoms with Crippen molar-refractivity contribution in [1.82, 2.24) is 13.9 Å². The molecule has 3 aromatic rings. The molecule has 0 unspecified atom stereocenters. The zero-order chi connectivity index (χ0) is 20.8. The Morgan fingerprint density at radius 1 is 0.667 bits per heavy atom. The standard InChI is InChI=1S/C25H23N3O2/c1-24-18-14-15-19(28-23(30)26(3)22(29)27(18)28)25(24,2)21(17-12-8-5-9-13-17)20(24)16-10-6-4-7-11-16/h4-15,18-19H,1-3H3/t18-,19+,24+,25-. The van der Waals surface area contributed by atoms with E-state index in [1.807, 2.05) is 12.1 Å². The predicted octanol–water partition coefficient (Wildman–Crippen LogP) is 3.65. The molecule has 5 heteroatoms. The monoisotopic (exact) mass is 397 g/mol. The van der Waals surface area contributed by atoms with Crippen LogP contribution in [0.25, 0.3) is 11.1 Å². The van der Waals surface area contributed by atoms with Crippen LogP contribution in [-0.2, 0) is 7.05 Å². The molecule has 30 heavy (non-hydrogen) atoms. The SMILES string of the molecule is Cn1c(=O)n2n(c1=O)[C@@H]1C=C[C@H]2[C@]2(C)C(c3ccccc3)=C(c3ccccc3)[C@]12C. The number of nitrogens with zero attached hydrogens (tertiary/aromatic N) is 3. The summed E-state index contributed by atoms with van der Waals surface area (Å²) in [6, 6.07) is 20.5. The number of aromatic nitrogens is 3. The summed E-state index contributed by atoms with van der Waals surface area (Å²) in [5.41, 5.74) is 3.78. The lowest BCUT2D eigenvalue weighted by molar-refractivity contribution is -0.000469. The van der Waals surface area contributed by atoms with E-state index in [4.69, 9.17) is 0 Å². The van der Waals surface area contributed by atoms with Gasteiger partial charge in [0.05, 0.1) is 12.1 Å². The second kappa shape index (κ2) is 5.42. The van der Waals surface area contributed by atoms with Gasteiger partial charge in [0.2, 0.25) is 0 Å². The molecule has 150 valence electrons. The van der Waals surface area contributed by atoms with Crippen molar-refractivity contribution in [2.75, 3.05) is 0 Å². The molecular formula is C25H23N3O2. The summed E-state index contributed by atoms with van der Waals surface area (Å²) in [7, 11) is 1.57. The lowest BCUT2D eigenvalue weighted by Crippen LogP contribution is -2.65. The van der Waals surface area contributed by atoms with Crippen molar-refractivity contribution < 1.29 is 0 Å². The maximum Gasteiger partial charge on any atom is 0.347 e. The molecule has 2 aliphatic heterocycles. The number of rotatable bonds is 2. The third kappa shape index (κ3) is 1.68. The van der Waals surface area contributed by atoms with Crippen molar-refractivity contribution in [2.45, 2.75) is 25.9 Å². The zero-order valence-electron chi connectivity index (χ0n) is 17.2. The van der Waals surface area contributed by atoms with Gasteiger partial charge in [-0.15, -0.1) is 0 Å². The smallest absolute Gasteiger partial charge is 0.246 e. The summed E-state index contributed by atoms with van der Waals surface area (Å²) >= 11 is 0. The molecule has 4 atom stereocenters. The lowest BCUT2D eigenvalue weighted by Gasteiger charge is -2.68. The number of benzene rings is 2. The second-order valence-corrected chi connectivity index (χ2v) is 8.97. The number of hydrogen-bond acceptors (Lipinski definition) is 2. The van der Waals surface area contributed by atoms with E-state index >= 15 is 0 Å². The van der Waals surface area contributed by atoms with Crippen LogP contribution < -0.4 is 11.4 Å². The Morgan fingerprint density at radius 3 is 1.40 bits per heavy atom. The number of hydrogen-bond donors (Lipinski definition) is 0. The Bertz CT molecular complexity index is 1270. The summed E-state index contributed by atoms with van der Waals surface area (Å²) in [6.45, 7) is 4.52. The third-order valence-corrected chi connectivity index (χ3v) is 7.88. The van der Waals surface area contributed by atoms with Gasteiger partial charge < -0.3 is 0 Å². The van der Waals surface area contributed by atoms with E-state index in [9.17, 15) is 9.59 Å². The van der Waals surface area contributed by atoms with Gasteiger partial charge in [-0.25, -0.2) is 23.5 Å². The molecule has 0 N–H and O–H groups in total. The molecule has 2 aliphatic carbocycles. The Labute approximate surface area is 174 Å². The van der Waals surface area contributed by atoms with Crippen molar-refractivity contribution in [3.05, 3.63) is 105 Å².